The molecular weight excluding hydrogens is 565 g/mol. The van der Waals surface area contributed by atoms with Crippen molar-refractivity contribution in [1.29, 1.82) is 0 Å². The second-order valence-electron chi connectivity index (χ2n) is 8.71. The Morgan fingerprint density at radius 3 is 2.45 bits per heavy atom. The number of aryl methyl sites for hydroxylation is 1. The Morgan fingerprint density at radius 1 is 0.974 bits per heavy atom. The molecule has 0 spiro atoms. The third-order valence-electron chi connectivity index (χ3n) is 6.13. The molecule has 0 aliphatic carbocycles. The van der Waals surface area contributed by atoms with Crippen molar-refractivity contribution in [3.63, 3.8) is 0 Å². The molecule has 0 bridgehead atoms. The predicted molar refractivity (Wildman–Crippen MR) is 155 cm³/mol. The maximum absolute atomic E-state index is 13.1. The first kappa shape index (κ1) is 26.4. The first-order valence-electron chi connectivity index (χ1n) is 11.5. The first-order valence-corrected chi connectivity index (χ1v) is 13.5. The monoisotopic (exact) mass is 583 g/mol. The van der Waals surface area contributed by atoms with E-state index in [9.17, 15) is 14.4 Å². The molecule has 2 heterocycles. The molecule has 1 fully saturated rings. The van der Waals surface area contributed by atoms with Crippen LogP contribution >= 0.6 is 46.6 Å². The van der Waals surface area contributed by atoms with Crippen LogP contribution in [0.4, 0.5) is 10.5 Å². The molecule has 3 amide bonds. The number of anilines is 1. The zero-order valence-electron chi connectivity index (χ0n) is 20.0. The number of hydrogen-bond donors (Lipinski definition) is 1. The van der Waals surface area contributed by atoms with E-state index in [2.05, 4.69) is 5.32 Å². The lowest BCUT2D eigenvalue weighted by Gasteiger charge is -2.13. The summed E-state index contributed by atoms with van der Waals surface area (Å²) in [7, 11) is 0. The molecule has 3 aromatic carbocycles. The molecule has 192 valence electrons. The summed E-state index contributed by atoms with van der Waals surface area (Å²) in [5, 5.41) is 4.70. The standard InChI is InChI=1S/C28H20Cl3N3O3S/c1-16-9-10-18(12-23(16)31)32-26(35)15-34-27(36)25(38-28(34)37)11-17-13-33(24-8-3-2-5-19(17)24)14-20-21(29)6-4-7-22(20)30/h2-13H,14-15H2,1H3,(H,32,35)/b25-11-. The molecule has 4 aromatic rings. The zero-order valence-corrected chi connectivity index (χ0v) is 23.1. The summed E-state index contributed by atoms with van der Waals surface area (Å²) in [6.45, 7) is 1.88. The molecule has 6 nitrogen and oxygen atoms in total. The van der Waals surface area contributed by atoms with Crippen LogP contribution in [0.15, 0.2) is 71.8 Å². The predicted octanol–water partition coefficient (Wildman–Crippen LogP) is 7.63. The van der Waals surface area contributed by atoms with E-state index in [0.717, 1.165) is 44.3 Å². The largest absolute Gasteiger partial charge is 0.342 e. The van der Waals surface area contributed by atoms with Crippen LogP contribution in [-0.2, 0) is 16.1 Å². The lowest BCUT2D eigenvalue weighted by atomic mass is 10.1. The number of nitrogens with one attached hydrogen (secondary N) is 1. The third-order valence-corrected chi connectivity index (χ3v) is 8.15. The molecule has 0 saturated carbocycles. The van der Waals surface area contributed by atoms with Crippen LogP contribution in [0.3, 0.4) is 0 Å². The first-order chi connectivity index (χ1) is 18.2. The molecule has 5 rings (SSSR count). The normalized spacial score (nSPS) is 14.6. The molecule has 0 unspecified atom stereocenters. The molecule has 1 saturated heterocycles. The molecule has 1 N–H and O–H groups in total. The lowest BCUT2D eigenvalue weighted by molar-refractivity contribution is -0.127. The zero-order chi connectivity index (χ0) is 27.0. The lowest BCUT2D eigenvalue weighted by Crippen LogP contribution is -2.36. The number of benzene rings is 3. The van der Waals surface area contributed by atoms with Gasteiger partial charge in [-0.15, -0.1) is 0 Å². The summed E-state index contributed by atoms with van der Waals surface area (Å²) in [6, 6.07) is 18.2. The quantitative estimate of drug-likeness (QED) is 0.237. The van der Waals surface area contributed by atoms with E-state index in [1.54, 1.807) is 42.5 Å². The van der Waals surface area contributed by atoms with E-state index in [1.807, 2.05) is 42.0 Å². The number of imide groups is 1. The van der Waals surface area contributed by atoms with Crippen LogP contribution in [0, 0.1) is 6.92 Å². The second-order valence-corrected chi connectivity index (χ2v) is 10.9. The van der Waals surface area contributed by atoms with Crippen LogP contribution in [-0.4, -0.2) is 33.1 Å². The van der Waals surface area contributed by atoms with Gasteiger partial charge in [0.05, 0.1) is 11.4 Å². The van der Waals surface area contributed by atoms with Crippen LogP contribution in [0.1, 0.15) is 16.7 Å². The molecule has 10 heteroatoms. The Morgan fingerprint density at radius 2 is 1.71 bits per heavy atom. The summed E-state index contributed by atoms with van der Waals surface area (Å²) < 4.78 is 2.00. The molecule has 38 heavy (non-hydrogen) atoms. The molecule has 0 radical (unpaired) electrons. The van der Waals surface area contributed by atoms with Crippen molar-refractivity contribution < 1.29 is 14.4 Å². The summed E-state index contributed by atoms with van der Waals surface area (Å²) in [6.07, 6.45) is 3.57. The van der Waals surface area contributed by atoms with Gasteiger partial charge in [0.2, 0.25) is 5.91 Å². The summed E-state index contributed by atoms with van der Waals surface area (Å²) in [4.78, 5) is 39.5. The average Bonchev–Trinajstić information content (AvgIpc) is 3.35. The fourth-order valence-electron chi connectivity index (χ4n) is 4.17. The van der Waals surface area contributed by atoms with Crippen LogP contribution in [0.2, 0.25) is 15.1 Å². The average molecular weight is 585 g/mol. The van der Waals surface area contributed by atoms with Crippen molar-refractivity contribution in [2.75, 3.05) is 11.9 Å². The van der Waals surface area contributed by atoms with Gasteiger partial charge in [0.15, 0.2) is 0 Å². The van der Waals surface area contributed by atoms with Crippen molar-refractivity contribution >= 4 is 86.3 Å². The van der Waals surface area contributed by atoms with Crippen molar-refractivity contribution in [1.82, 2.24) is 9.47 Å². The maximum Gasteiger partial charge on any atom is 0.294 e. The molecular formula is C28H20Cl3N3O3S. The maximum atomic E-state index is 13.1. The number of carbonyl (C=O) groups is 3. The highest BCUT2D eigenvalue weighted by Crippen LogP contribution is 2.35. The number of nitrogens with zero attached hydrogens (tertiary/aromatic N) is 2. The SMILES string of the molecule is Cc1ccc(NC(=O)CN2C(=O)S/C(=C\c3cn(Cc4c(Cl)cccc4Cl)c4ccccc34)C2=O)cc1Cl. The van der Waals surface area contributed by atoms with Gasteiger partial charge in [-0.3, -0.25) is 19.3 Å². The van der Waals surface area contributed by atoms with Gasteiger partial charge in [0.25, 0.3) is 11.1 Å². The number of halogens is 3. The Bertz CT molecular complexity index is 1630. The Kier molecular flexibility index (Phi) is 7.54. The van der Waals surface area contributed by atoms with Gasteiger partial charge in [-0.1, -0.05) is 65.1 Å². The molecule has 1 aliphatic heterocycles. The number of amides is 3. The third kappa shape index (κ3) is 5.33. The van der Waals surface area contributed by atoms with Crippen molar-refractivity contribution in [3.05, 3.63) is 104 Å². The van der Waals surface area contributed by atoms with E-state index in [1.165, 1.54) is 0 Å². The number of fused-ring (bicyclic) bond motifs is 1. The molecule has 0 atom stereocenters. The second kappa shape index (κ2) is 10.9. The van der Waals surface area contributed by atoms with Crippen molar-refractivity contribution in [2.24, 2.45) is 0 Å². The number of carbonyl (C=O) groups excluding carboxylic acids is 3. The topological polar surface area (TPSA) is 71.4 Å². The number of para-hydroxylation sites is 1. The van der Waals surface area contributed by atoms with Crippen LogP contribution in [0.25, 0.3) is 17.0 Å². The fraction of sp³-hybridized carbons (Fsp3) is 0.107. The van der Waals surface area contributed by atoms with E-state index >= 15 is 0 Å². The minimum atomic E-state index is -0.525. The fourth-order valence-corrected chi connectivity index (χ4v) is 5.69. The number of aromatic nitrogens is 1. The van der Waals surface area contributed by atoms with Crippen molar-refractivity contribution in [3.8, 4) is 0 Å². The minimum Gasteiger partial charge on any atom is -0.342 e. The Hall–Kier alpha value is -3.23. The van der Waals surface area contributed by atoms with Gasteiger partial charge >= 0.3 is 0 Å². The Balaban J connectivity index is 1.38. The van der Waals surface area contributed by atoms with Gasteiger partial charge < -0.3 is 9.88 Å². The van der Waals surface area contributed by atoms with Gasteiger partial charge in [-0.2, -0.15) is 0 Å². The van der Waals surface area contributed by atoms with Gasteiger partial charge in [0.1, 0.15) is 6.54 Å². The van der Waals surface area contributed by atoms with Gasteiger partial charge in [0, 0.05) is 49.0 Å². The van der Waals surface area contributed by atoms with Crippen molar-refractivity contribution in [2.45, 2.75) is 13.5 Å². The number of hydrogen-bond acceptors (Lipinski definition) is 4. The molecule has 1 aromatic heterocycles. The van der Waals surface area contributed by atoms with E-state index < -0.39 is 23.6 Å². The number of rotatable bonds is 6. The summed E-state index contributed by atoms with van der Waals surface area (Å²) >= 11 is 19.7. The smallest absolute Gasteiger partial charge is 0.294 e. The van der Waals surface area contributed by atoms with Crippen LogP contribution in [0.5, 0.6) is 0 Å². The number of thioether (sulfide) groups is 1. The highest BCUT2D eigenvalue weighted by molar-refractivity contribution is 8.18. The highest BCUT2D eigenvalue weighted by Gasteiger charge is 2.36. The minimum absolute atomic E-state index is 0.236. The summed E-state index contributed by atoms with van der Waals surface area (Å²) in [5.41, 5.74) is 3.82. The molecule has 1 aliphatic rings. The van der Waals surface area contributed by atoms with E-state index in [-0.39, 0.29) is 4.91 Å². The van der Waals surface area contributed by atoms with E-state index in [4.69, 9.17) is 34.8 Å². The Labute approximate surface area is 238 Å². The summed E-state index contributed by atoms with van der Waals surface area (Å²) in [5.74, 6) is -1.02. The van der Waals surface area contributed by atoms with Gasteiger partial charge in [-0.05, 0) is 60.7 Å². The van der Waals surface area contributed by atoms with E-state index in [0.29, 0.717) is 27.3 Å². The van der Waals surface area contributed by atoms with Gasteiger partial charge in [-0.25, -0.2) is 0 Å². The highest BCUT2D eigenvalue weighted by atomic mass is 35.5. The van der Waals surface area contributed by atoms with Crippen LogP contribution < -0.4 is 5.32 Å².